The minimum absolute atomic E-state index is 0.00288. The van der Waals surface area contributed by atoms with Crippen LogP contribution in [-0.2, 0) is 26.1 Å². The summed E-state index contributed by atoms with van der Waals surface area (Å²) in [6.45, 7) is 1.14. The molecule has 1 aromatic carbocycles. The lowest BCUT2D eigenvalue weighted by Crippen LogP contribution is -2.72. The fourth-order valence-electron chi connectivity index (χ4n) is 7.66. The molecule has 7 nitrogen and oxygen atoms in total. The summed E-state index contributed by atoms with van der Waals surface area (Å²) in [4.78, 5) is 25.5. The number of methoxy groups -OCH3 is 1. The Hall–Kier alpha value is -2.28. The number of ketones is 1. The van der Waals surface area contributed by atoms with Crippen LogP contribution in [-0.4, -0.2) is 62.1 Å². The van der Waals surface area contributed by atoms with Gasteiger partial charge in [0, 0.05) is 30.7 Å². The quantitative estimate of drug-likeness (QED) is 0.506. The van der Waals surface area contributed by atoms with Crippen LogP contribution < -0.4 is 9.47 Å². The molecule has 1 spiro atoms. The maximum Gasteiger partial charge on any atom is 0.512 e. The lowest BCUT2D eigenvalue weighted by atomic mass is 9.51. The zero-order valence-electron chi connectivity index (χ0n) is 19.6. The monoisotopic (exact) mass is 456 g/mol. The number of ether oxygens (including phenoxy) is 4. The van der Waals surface area contributed by atoms with Gasteiger partial charge in [0.1, 0.15) is 6.10 Å². The summed E-state index contributed by atoms with van der Waals surface area (Å²) in [5.74, 6) is 2.03. The van der Waals surface area contributed by atoms with Crippen LogP contribution >= 0.6 is 0 Å². The minimum Gasteiger partial charge on any atom is -0.493 e. The Morgan fingerprint density at radius 3 is 2.82 bits per heavy atom. The first-order valence-corrected chi connectivity index (χ1v) is 12.5. The van der Waals surface area contributed by atoms with Gasteiger partial charge in [0.2, 0.25) is 6.73 Å². The van der Waals surface area contributed by atoms with Gasteiger partial charge in [-0.2, -0.15) is 0 Å². The highest BCUT2D eigenvalue weighted by Crippen LogP contribution is 2.64. The highest BCUT2D eigenvalue weighted by molar-refractivity contribution is 5.89. The zero-order valence-corrected chi connectivity index (χ0v) is 19.6. The number of nitrogens with zero attached hydrogens (tertiary/aromatic N) is 1. The lowest BCUT2D eigenvalue weighted by Gasteiger charge is -2.59. The van der Waals surface area contributed by atoms with Gasteiger partial charge in [-0.15, -0.1) is 0 Å². The van der Waals surface area contributed by atoms with Crippen molar-refractivity contribution in [2.24, 2.45) is 5.92 Å². The van der Waals surface area contributed by atoms with Gasteiger partial charge in [-0.1, -0.05) is 12.5 Å². The number of piperidine rings is 1. The average molecular weight is 457 g/mol. The van der Waals surface area contributed by atoms with Crippen LogP contribution in [0.25, 0.3) is 0 Å². The molecule has 2 saturated carbocycles. The van der Waals surface area contributed by atoms with E-state index in [-0.39, 0.29) is 23.3 Å². The first-order valence-electron chi connectivity index (χ1n) is 12.5. The summed E-state index contributed by atoms with van der Waals surface area (Å²) in [5, 5.41) is 0. The molecule has 178 valence electrons. The van der Waals surface area contributed by atoms with Crippen molar-refractivity contribution in [2.45, 2.75) is 81.5 Å². The van der Waals surface area contributed by atoms with Gasteiger partial charge in [0.25, 0.3) is 0 Å². The van der Waals surface area contributed by atoms with Crippen LogP contribution in [0.4, 0.5) is 4.79 Å². The molecule has 0 N–H and O–H groups in total. The third kappa shape index (κ3) is 3.04. The molecule has 7 heteroatoms. The van der Waals surface area contributed by atoms with Crippen molar-refractivity contribution in [3.8, 4) is 11.5 Å². The largest absolute Gasteiger partial charge is 0.512 e. The van der Waals surface area contributed by atoms with E-state index in [4.69, 9.17) is 18.9 Å². The van der Waals surface area contributed by atoms with Crippen molar-refractivity contribution in [2.75, 3.05) is 27.4 Å². The Labute approximate surface area is 194 Å². The molecular formula is C26H34NO6+. The molecule has 2 aliphatic heterocycles. The van der Waals surface area contributed by atoms with Crippen LogP contribution in [0.1, 0.15) is 62.5 Å². The number of quaternary nitrogens is 1. The van der Waals surface area contributed by atoms with Gasteiger partial charge < -0.3 is 18.9 Å². The molecule has 2 heterocycles. The second kappa shape index (κ2) is 7.62. The summed E-state index contributed by atoms with van der Waals surface area (Å²) in [6, 6.07) is 4.37. The molecule has 0 amide bonds. The fraction of sp³-hybridized carbons (Fsp3) is 0.692. The van der Waals surface area contributed by atoms with E-state index in [1.165, 1.54) is 17.5 Å². The zero-order chi connectivity index (χ0) is 22.8. The molecule has 0 radical (unpaired) electrons. The van der Waals surface area contributed by atoms with E-state index < -0.39 is 12.3 Å². The van der Waals surface area contributed by atoms with Gasteiger partial charge in [0.15, 0.2) is 23.4 Å². The second-order valence-corrected chi connectivity index (χ2v) is 10.9. The molecule has 5 aliphatic rings. The van der Waals surface area contributed by atoms with E-state index in [1.54, 1.807) is 7.11 Å². The van der Waals surface area contributed by atoms with Gasteiger partial charge in [-0.05, 0) is 43.7 Å². The van der Waals surface area contributed by atoms with E-state index in [0.717, 1.165) is 63.0 Å². The van der Waals surface area contributed by atoms with Crippen molar-refractivity contribution in [1.29, 1.82) is 0 Å². The van der Waals surface area contributed by atoms with Crippen molar-refractivity contribution in [1.82, 2.24) is 0 Å². The molecule has 2 bridgehead atoms. The highest BCUT2D eigenvalue weighted by atomic mass is 16.7. The third-order valence-corrected chi connectivity index (χ3v) is 9.28. The normalized spacial score (nSPS) is 36.5. The standard InChI is InChI=1S/C26H34NO6/c1-27(15-31-25(29)32-17-6-4-3-5-7-17)13-12-26-18-9-10-20(28)24(26)33-23-21(30-2)11-8-16(22(23)26)14-19(18)27/h8,11,17-19,24H,3-7,9-10,12-15H2,1-2H3/q+1/t18-,19?,24-,26-,27-/m0/s1. The number of rotatable bonds is 4. The maximum atomic E-state index is 13.0. The predicted molar refractivity (Wildman–Crippen MR) is 119 cm³/mol. The number of carbonyl (C=O) groups excluding carboxylic acids is 2. The molecule has 1 saturated heterocycles. The van der Waals surface area contributed by atoms with Crippen molar-refractivity contribution in [3.63, 3.8) is 0 Å². The first kappa shape index (κ1) is 21.3. The van der Waals surface area contributed by atoms with E-state index >= 15 is 0 Å². The van der Waals surface area contributed by atoms with Crippen LogP contribution in [0.3, 0.4) is 0 Å². The van der Waals surface area contributed by atoms with Crippen LogP contribution in [0.15, 0.2) is 12.1 Å². The molecule has 33 heavy (non-hydrogen) atoms. The Balaban J connectivity index is 1.28. The molecule has 3 aliphatic carbocycles. The van der Waals surface area contributed by atoms with Gasteiger partial charge >= 0.3 is 6.16 Å². The van der Waals surface area contributed by atoms with E-state index in [2.05, 4.69) is 13.1 Å². The molecule has 1 aromatic rings. The smallest absolute Gasteiger partial charge is 0.493 e. The topological polar surface area (TPSA) is 71.1 Å². The van der Waals surface area contributed by atoms with E-state index in [9.17, 15) is 9.59 Å². The van der Waals surface area contributed by atoms with Crippen molar-refractivity contribution < 1.29 is 33.0 Å². The number of likely N-dealkylation sites (tertiary alicyclic amines) is 1. The summed E-state index contributed by atoms with van der Waals surface area (Å²) in [7, 11) is 3.85. The molecule has 3 fully saturated rings. The molecule has 6 rings (SSSR count). The minimum atomic E-state index is -0.536. The van der Waals surface area contributed by atoms with Gasteiger partial charge in [-0.3, -0.25) is 9.28 Å². The van der Waals surface area contributed by atoms with Gasteiger partial charge in [0.05, 0.1) is 32.2 Å². The number of hydrogen-bond donors (Lipinski definition) is 0. The SMILES string of the molecule is COc1ccc2c3c1O[C@H]1C(=O)CC[C@H]4C(C2)[N@+](C)(COC(=O)OC2CCCCC2)CC[C@]314. The summed E-state index contributed by atoms with van der Waals surface area (Å²) >= 11 is 0. The Bertz CT molecular complexity index is 987. The van der Waals surface area contributed by atoms with E-state index in [1.807, 2.05) is 6.07 Å². The average Bonchev–Trinajstić information content (AvgIpc) is 3.18. The highest BCUT2D eigenvalue weighted by Gasteiger charge is 2.69. The molecule has 0 aromatic heterocycles. The van der Waals surface area contributed by atoms with Crippen LogP contribution in [0.5, 0.6) is 11.5 Å². The Morgan fingerprint density at radius 1 is 1.21 bits per heavy atom. The Morgan fingerprint density at radius 2 is 2.03 bits per heavy atom. The lowest BCUT2D eigenvalue weighted by molar-refractivity contribution is -0.959. The van der Waals surface area contributed by atoms with Crippen molar-refractivity contribution in [3.05, 3.63) is 23.3 Å². The Kier molecular flexibility index (Phi) is 4.91. The predicted octanol–water partition coefficient (Wildman–Crippen LogP) is 3.89. The third-order valence-electron chi connectivity index (χ3n) is 9.28. The number of likely N-dealkylation sites (N-methyl/N-ethyl adjacent to an activating group) is 1. The number of benzene rings is 1. The van der Waals surface area contributed by atoms with Crippen LogP contribution in [0, 0.1) is 5.92 Å². The summed E-state index contributed by atoms with van der Waals surface area (Å²) in [6.07, 6.45) is 7.50. The van der Waals surface area contributed by atoms with Crippen molar-refractivity contribution >= 4 is 11.9 Å². The summed E-state index contributed by atoms with van der Waals surface area (Å²) in [5.41, 5.74) is 2.18. The number of hydrogen-bond acceptors (Lipinski definition) is 6. The first-order chi connectivity index (χ1) is 16.0. The molecular weight excluding hydrogens is 422 g/mol. The summed E-state index contributed by atoms with van der Waals surface area (Å²) < 4.78 is 24.0. The number of carbonyl (C=O) groups is 2. The van der Waals surface area contributed by atoms with Crippen LogP contribution in [0.2, 0.25) is 0 Å². The molecule has 1 unspecified atom stereocenters. The van der Waals surface area contributed by atoms with E-state index in [0.29, 0.717) is 23.6 Å². The second-order valence-electron chi connectivity index (χ2n) is 10.9. The molecule has 5 atom stereocenters. The maximum absolute atomic E-state index is 13.0. The van der Waals surface area contributed by atoms with Gasteiger partial charge in [-0.25, -0.2) is 4.79 Å². The number of Topliss-reactive ketones (excluding diaryl/α,β-unsaturated/α-hetero) is 1. The fourth-order valence-corrected chi connectivity index (χ4v) is 7.66.